The van der Waals surface area contributed by atoms with Crippen molar-refractivity contribution in [3.8, 4) is 11.5 Å². The number of carbonyl (C=O) groups excluding carboxylic acids is 2. The van der Waals surface area contributed by atoms with Crippen LogP contribution in [0.5, 0.6) is 11.5 Å². The molecule has 2 aromatic carbocycles. The second-order valence-corrected chi connectivity index (χ2v) is 10.7. The number of hydrogen-bond acceptors (Lipinski definition) is 5. The van der Waals surface area contributed by atoms with Gasteiger partial charge in [0, 0.05) is 6.54 Å². The van der Waals surface area contributed by atoms with Crippen molar-refractivity contribution in [2.24, 2.45) is 0 Å². The van der Waals surface area contributed by atoms with E-state index in [2.05, 4.69) is 5.32 Å². The smallest absolute Gasteiger partial charge is 0.421 e. The minimum absolute atomic E-state index is 0.0612. The van der Waals surface area contributed by atoms with Crippen LogP contribution in [0.25, 0.3) is 0 Å². The van der Waals surface area contributed by atoms with Crippen LogP contribution in [0.3, 0.4) is 0 Å². The molecule has 2 N–H and O–H groups in total. The van der Waals surface area contributed by atoms with Crippen molar-refractivity contribution in [3.05, 3.63) is 58.9 Å². The van der Waals surface area contributed by atoms with Crippen LogP contribution in [0.15, 0.2) is 36.4 Å². The Labute approximate surface area is 237 Å². The summed E-state index contributed by atoms with van der Waals surface area (Å²) in [6, 6.07) is 7.60. The number of imide groups is 1. The second-order valence-electron chi connectivity index (χ2n) is 10.7. The van der Waals surface area contributed by atoms with Crippen LogP contribution in [-0.2, 0) is 22.4 Å². The molecule has 0 aliphatic carbocycles. The van der Waals surface area contributed by atoms with Crippen LogP contribution in [0.4, 0.5) is 22.4 Å². The van der Waals surface area contributed by atoms with Gasteiger partial charge in [0.15, 0.2) is 17.2 Å². The van der Waals surface area contributed by atoms with Crippen molar-refractivity contribution in [3.63, 3.8) is 0 Å². The molecule has 1 heterocycles. The summed E-state index contributed by atoms with van der Waals surface area (Å²) >= 11 is 0. The molecule has 226 valence electrons. The fraction of sp³-hybridized carbons (Fsp3) is 0.533. The Kier molecular flexibility index (Phi) is 9.94. The number of halogens is 4. The number of unbranched alkanes of at least 4 members (excludes halogenated alkanes) is 1. The zero-order chi connectivity index (χ0) is 30.6. The third-order valence-electron chi connectivity index (χ3n) is 7.22. The molecule has 2 aromatic rings. The zero-order valence-electron chi connectivity index (χ0n) is 24.0. The van der Waals surface area contributed by atoms with Gasteiger partial charge in [-0.2, -0.15) is 13.2 Å². The van der Waals surface area contributed by atoms with E-state index in [-0.39, 0.29) is 37.0 Å². The molecule has 0 aromatic heterocycles. The topological polar surface area (TPSA) is 88.1 Å². The van der Waals surface area contributed by atoms with E-state index in [4.69, 9.17) is 9.47 Å². The van der Waals surface area contributed by atoms with E-state index >= 15 is 0 Å². The lowest BCUT2D eigenvalue weighted by Crippen LogP contribution is -2.43. The van der Waals surface area contributed by atoms with Gasteiger partial charge in [-0.05, 0) is 87.4 Å². The first-order chi connectivity index (χ1) is 19.2. The minimum Gasteiger partial charge on any atom is -0.493 e. The van der Waals surface area contributed by atoms with Gasteiger partial charge in [0.05, 0.1) is 12.7 Å². The van der Waals surface area contributed by atoms with E-state index in [1.807, 2.05) is 6.92 Å². The van der Waals surface area contributed by atoms with E-state index in [1.54, 1.807) is 26.8 Å². The lowest BCUT2D eigenvalue weighted by Gasteiger charge is -2.27. The second kappa shape index (κ2) is 12.7. The molecule has 1 saturated heterocycles. The number of hydrogen-bond donors (Lipinski definition) is 2. The standard InChI is InChI=1S/C30H38F4N2O5/c1-6-10-20-17-21(28(5,39)30(32,33)34)11-13-24(20)40-16-9-8-15-36-26(37)29(7-2,35-27(36)38)22-12-14-25(23(31)18-22)41-19(3)4/h11-14,17-19,39H,6-10,15-16H2,1-5H3,(H,35,38). The van der Waals surface area contributed by atoms with Gasteiger partial charge < -0.3 is 19.9 Å². The molecule has 11 heteroatoms. The number of urea groups is 1. The Bertz CT molecular complexity index is 1250. The molecule has 3 amide bonds. The van der Waals surface area contributed by atoms with Crippen LogP contribution in [0.2, 0.25) is 0 Å². The van der Waals surface area contributed by atoms with Gasteiger partial charge in [0.2, 0.25) is 0 Å². The molecule has 1 aliphatic rings. The van der Waals surface area contributed by atoms with Gasteiger partial charge >= 0.3 is 12.2 Å². The normalized spacial score (nSPS) is 19.0. The van der Waals surface area contributed by atoms with Gasteiger partial charge in [0.25, 0.3) is 5.91 Å². The summed E-state index contributed by atoms with van der Waals surface area (Å²) in [6.45, 7) is 8.20. The van der Waals surface area contributed by atoms with Gasteiger partial charge in [-0.15, -0.1) is 0 Å². The molecule has 3 rings (SSSR count). The number of alkyl halides is 3. The third kappa shape index (κ3) is 6.77. The third-order valence-corrected chi connectivity index (χ3v) is 7.22. The molecule has 0 spiro atoms. The molecule has 1 aliphatic heterocycles. The number of benzene rings is 2. The largest absolute Gasteiger partial charge is 0.493 e. The quantitative estimate of drug-likeness (QED) is 0.163. The maximum Gasteiger partial charge on any atom is 0.421 e. The summed E-state index contributed by atoms with van der Waals surface area (Å²) in [5, 5.41) is 12.8. The Balaban J connectivity index is 1.63. The Morgan fingerprint density at radius 3 is 2.32 bits per heavy atom. The van der Waals surface area contributed by atoms with E-state index < -0.39 is 35.1 Å². The molecule has 0 bridgehead atoms. The molecule has 2 unspecified atom stereocenters. The highest BCUT2D eigenvalue weighted by atomic mass is 19.4. The highest BCUT2D eigenvalue weighted by Crippen LogP contribution is 2.40. The molecule has 2 atom stereocenters. The summed E-state index contributed by atoms with van der Waals surface area (Å²) in [6.07, 6.45) is -2.84. The van der Waals surface area contributed by atoms with E-state index in [9.17, 15) is 32.3 Å². The maximum absolute atomic E-state index is 14.7. The Morgan fingerprint density at radius 2 is 1.73 bits per heavy atom. The van der Waals surface area contributed by atoms with Crippen LogP contribution < -0.4 is 14.8 Å². The number of nitrogens with zero attached hydrogens (tertiary/aromatic N) is 1. The Hall–Kier alpha value is -3.34. The van der Waals surface area contributed by atoms with Crippen molar-refractivity contribution in [1.82, 2.24) is 10.2 Å². The van der Waals surface area contributed by atoms with Crippen LogP contribution in [0.1, 0.15) is 77.0 Å². The monoisotopic (exact) mass is 582 g/mol. The highest BCUT2D eigenvalue weighted by Gasteiger charge is 2.52. The fourth-order valence-corrected chi connectivity index (χ4v) is 4.79. The molecule has 41 heavy (non-hydrogen) atoms. The summed E-state index contributed by atoms with van der Waals surface area (Å²) in [5.74, 6) is -0.619. The summed E-state index contributed by atoms with van der Waals surface area (Å²) in [4.78, 5) is 27.3. The number of rotatable bonds is 13. The summed E-state index contributed by atoms with van der Waals surface area (Å²) in [5.41, 5.74) is -3.76. The zero-order valence-corrected chi connectivity index (χ0v) is 24.0. The number of nitrogens with one attached hydrogen (secondary N) is 1. The van der Waals surface area contributed by atoms with Gasteiger partial charge in [-0.25, -0.2) is 9.18 Å². The number of aliphatic hydroxyl groups is 1. The molecule has 0 saturated carbocycles. The highest BCUT2D eigenvalue weighted by molar-refractivity contribution is 6.07. The van der Waals surface area contributed by atoms with Crippen molar-refractivity contribution >= 4 is 11.9 Å². The van der Waals surface area contributed by atoms with Crippen LogP contribution >= 0.6 is 0 Å². The first-order valence-electron chi connectivity index (χ1n) is 13.8. The van der Waals surface area contributed by atoms with Gasteiger partial charge in [-0.1, -0.05) is 32.4 Å². The molecular weight excluding hydrogens is 544 g/mol. The first-order valence-corrected chi connectivity index (χ1v) is 13.8. The van der Waals surface area contributed by atoms with Crippen LogP contribution in [-0.4, -0.2) is 47.4 Å². The average Bonchev–Trinajstić information content (AvgIpc) is 3.14. The SMILES string of the molecule is CCCc1cc(C(C)(O)C(F)(F)F)ccc1OCCCCN1C(=O)NC(CC)(c2ccc(OC(C)C)c(F)c2)C1=O. The van der Waals surface area contributed by atoms with Crippen molar-refractivity contribution < 1.29 is 41.7 Å². The van der Waals surface area contributed by atoms with Crippen molar-refractivity contribution in [2.75, 3.05) is 13.2 Å². The number of ether oxygens (including phenoxy) is 2. The molecule has 7 nitrogen and oxygen atoms in total. The number of carbonyl (C=O) groups is 2. The van der Waals surface area contributed by atoms with E-state index in [0.717, 1.165) is 4.90 Å². The van der Waals surface area contributed by atoms with Crippen molar-refractivity contribution in [1.29, 1.82) is 0 Å². The minimum atomic E-state index is -4.83. The summed E-state index contributed by atoms with van der Waals surface area (Å²) in [7, 11) is 0. The average molecular weight is 583 g/mol. The van der Waals surface area contributed by atoms with Gasteiger partial charge in [0.1, 0.15) is 11.3 Å². The number of amides is 3. The Morgan fingerprint density at radius 1 is 1.05 bits per heavy atom. The predicted octanol–water partition coefficient (Wildman–Crippen LogP) is 6.35. The van der Waals surface area contributed by atoms with Gasteiger partial charge in [-0.3, -0.25) is 9.69 Å². The first kappa shape index (κ1) is 32.2. The fourth-order valence-electron chi connectivity index (χ4n) is 4.79. The predicted molar refractivity (Wildman–Crippen MR) is 145 cm³/mol. The van der Waals surface area contributed by atoms with E-state index in [1.165, 1.54) is 30.3 Å². The van der Waals surface area contributed by atoms with Crippen LogP contribution in [0, 0.1) is 5.82 Å². The summed E-state index contributed by atoms with van der Waals surface area (Å²) < 4.78 is 65.8. The molecule has 0 radical (unpaired) electrons. The molecular formula is C30H38F4N2O5. The number of aryl methyl sites for hydroxylation is 1. The maximum atomic E-state index is 14.7. The lowest BCUT2D eigenvalue weighted by molar-refractivity contribution is -0.258. The van der Waals surface area contributed by atoms with E-state index in [0.29, 0.717) is 49.5 Å². The lowest BCUT2D eigenvalue weighted by atomic mass is 9.87. The molecule has 1 fully saturated rings. The van der Waals surface area contributed by atoms with Crippen molar-refractivity contribution in [2.45, 2.75) is 90.1 Å².